The Morgan fingerprint density at radius 3 is 2.60 bits per heavy atom. The van der Waals surface area contributed by atoms with E-state index in [1.165, 1.54) is 6.42 Å². The van der Waals surface area contributed by atoms with E-state index in [1.807, 2.05) is 0 Å². The summed E-state index contributed by atoms with van der Waals surface area (Å²) in [6.07, 6.45) is 2.59. The van der Waals surface area contributed by atoms with Crippen molar-refractivity contribution >= 4 is 5.96 Å². The highest BCUT2D eigenvalue weighted by atomic mass is 16.5. The average Bonchev–Trinajstić information content (AvgIpc) is 2.45. The number of aliphatic imine (C=N–C) groups is 1. The zero-order valence-corrected chi connectivity index (χ0v) is 13.1. The van der Waals surface area contributed by atoms with Gasteiger partial charge in [0.2, 0.25) is 0 Å². The Morgan fingerprint density at radius 2 is 1.95 bits per heavy atom. The van der Waals surface area contributed by atoms with Crippen LogP contribution in [0, 0.1) is 11.3 Å². The number of rotatable bonds is 2. The van der Waals surface area contributed by atoms with Crippen molar-refractivity contribution in [2.45, 2.75) is 39.7 Å². The van der Waals surface area contributed by atoms with Crippen molar-refractivity contribution in [3.8, 4) is 0 Å². The third-order valence-electron chi connectivity index (χ3n) is 4.12. The van der Waals surface area contributed by atoms with Crippen LogP contribution in [0.15, 0.2) is 4.99 Å². The molecule has 0 aliphatic carbocycles. The van der Waals surface area contributed by atoms with E-state index in [9.17, 15) is 0 Å². The maximum absolute atomic E-state index is 6.10. The summed E-state index contributed by atoms with van der Waals surface area (Å²) in [7, 11) is 0. The first-order valence-electron chi connectivity index (χ1n) is 7.72. The number of nitrogens with zero attached hydrogens (tertiary/aromatic N) is 2. The smallest absolute Gasteiger partial charge is 0.191 e. The van der Waals surface area contributed by atoms with Gasteiger partial charge in [0.25, 0.3) is 0 Å². The lowest BCUT2D eigenvalue weighted by molar-refractivity contribution is -0.0824. The van der Waals surface area contributed by atoms with E-state index in [-0.39, 0.29) is 11.5 Å². The third-order valence-corrected chi connectivity index (χ3v) is 4.12. The van der Waals surface area contributed by atoms with Crippen molar-refractivity contribution in [1.29, 1.82) is 0 Å². The average molecular weight is 283 g/mol. The monoisotopic (exact) mass is 283 g/mol. The lowest BCUT2D eigenvalue weighted by Gasteiger charge is -2.39. The summed E-state index contributed by atoms with van der Waals surface area (Å²) in [5, 5.41) is 0. The van der Waals surface area contributed by atoms with Crippen LogP contribution in [-0.4, -0.2) is 56.4 Å². The van der Waals surface area contributed by atoms with Crippen LogP contribution in [0.25, 0.3) is 0 Å². The van der Waals surface area contributed by atoms with E-state index in [0.29, 0.717) is 11.9 Å². The summed E-state index contributed by atoms with van der Waals surface area (Å²) in [4.78, 5) is 6.73. The summed E-state index contributed by atoms with van der Waals surface area (Å²) in [6.45, 7) is 11.5. The van der Waals surface area contributed by atoms with E-state index in [2.05, 4.69) is 30.7 Å². The quantitative estimate of drug-likeness (QED) is 0.616. The van der Waals surface area contributed by atoms with Gasteiger partial charge >= 0.3 is 0 Å². The van der Waals surface area contributed by atoms with Crippen molar-refractivity contribution in [2.75, 3.05) is 39.5 Å². The largest absolute Gasteiger partial charge is 0.378 e. The predicted molar refractivity (Wildman–Crippen MR) is 80.8 cm³/mol. The molecule has 5 heteroatoms. The Morgan fingerprint density at radius 1 is 1.25 bits per heavy atom. The Balaban J connectivity index is 1.93. The topological polar surface area (TPSA) is 60.1 Å². The molecule has 2 heterocycles. The van der Waals surface area contributed by atoms with E-state index in [1.54, 1.807) is 0 Å². The maximum Gasteiger partial charge on any atom is 0.191 e. The molecule has 5 nitrogen and oxygen atoms in total. The molecule has 0 saturated carbocycles. The molecule has 2 rings (SSSR count). The minimum atomic E-state index is 0.161. The minimum Gasteiger partial charge on any atom is -0.378 e. The molecule has 0 aromatic carbocycles. The molecule has 2 N–H and O–H groups in total. The fourth-order valence-corrected chi connectivity index (χ4v) is 3.09. The molecule has 116 valence electrons. The molecule has 0 spiro atoms. The van der Waals surface area contributed by atoms with Gasteiger partial charge in [-0.2, -0.15) is 0 Å². The van der Waals surface area contributed by atoms with E-state index in [0.717, 1.165) is 45.9 Å². The second kappa shape index (κ2) is 6.76. The lowest BCUT2D eigenvalue weighted by Crippen LogP contribution is -2.46. The van der Waals surface area contributed by atoms with Crippen LogP contribution in [-0.2, 0) is 9.47 Å². The molecular weight excluding hydrogens is 254 g/mol. The standard InChI is InChI=1S/C15H29N3O2/c1-15(2,3)13-12(5-4-8-20-13)11-17-14(16)18-6-9-19-10-7-18/h12-13H,4-11H2,1-3H3,(H2,16,17)/t12-,13+/m0/s1. The van der Waals surface area contributed by atoms with Gasteiger partial charge in [0, 0.05) is 32.2 Å². The molecule has 0 unspecified atom stereocenters. The number of morpholine rings is 1. The first-order valence-corrected chi connectivity index (χ1v) is 7.72. The molecule has 0 amide bonds. The highest BCUT2D eigenvalue weighted by Gasteiger charge is 2.35. The Bertz CT molecular complexity index is 333. The molecule has 0 radical (unpaired) electrons. The molecule has 0 bridgehead atoms. The van der Waals surface area contributed by atoms with Gasteiger partial charge in [-0.15, -0.1) is 0 Å². The summed E-state index contributed by atoms with van der Waals surface area (Å²) in [6, 6.07) is 0. The van der Waals surface area contributed by atoms with Crippen molar-refractivity contribution < 1.29 is 9.47 Å². The first kappa shape index (κ1) is 15.6. The molecule has 2 aliphatic rings. The van der Waals surface area contributed by atoms with E-state index >= 15 is 0 Å². The normalized spacial score (nSPS) is 29.6. The van der Waals surface area contributed by atoms with Crippen LogP contribution in [0.5, 0.6) is 0 Å². The number of ether oxygens (including phenoxy) is 2. The molecular formula is C15H29N3O2. The van der Waals surface area contributed by atoms with Gasteiger partial charge in [-0.05, 0) is 18.3 Å². The van der Waals surface area contributed by atoms with Gasteiger partial charge in [-0.1, -0.05) is 20.8 Å². The highest BCUT2D eigenvalue weighted by Crippen LogP contribution is 2.34. The summed E-state index contributed by atoms with van der Waals surface area (Å²) in [5.74, 6) is 1.13. The molecule has 2 atom stereocenters. The van der Waals surface area contributed by atoms with Crippen molar-refractivity contribution in [1.82, 2.24) is 4.90 Å². The van der Waals surface area contributed by atoms with Gasteiger partial charge < -0.3 is 20.1 Å². The van der Waals surface area contributed by atoms with Crippen LogP contribution >= 0.6 is 0 Å². The second-order valence-corrected chi connectivity index (χ2v) is 6.86. The van der Waals surface area contributed by atoms with Crippen LogP contribution in [0.2, 0.25) is 0 Å². The van der Waals surface area contributed by atoms with Crippen molar-refractivity contribution in [2.24, 2.45) is 22.1 Å². The molecule has 2 saturated heterocycles. The zero-order valence-electron chi connectivity index (χ0n) is 13.1. The van der Waals surface area contributed by atoms with Gasteiger partial charge in [0.05, 0.1) is 19.3 Å². The first-order chi connectivity index (χ1) is 9.48. The summed E-state index contributed by atoms with van der Waals surface area (Å²) >= 11 is 0. The Kier molecular flexibility index (Phi) is 5.27. The van der Waals surface area contributed by atoms with Crippen LogP contribution < -0.4 is 5.73 Å². The lowest BCUT2D eigenvalue weighted by atomic mass is 9.78. The molecule has 2 fully saturated rings. The van der Waals surface area contributed by atoms with Crippen LogP contribution in [0.4, 0.5) is 0 Å². The number of nitrogens with two attached hydrogens (primary N) is 1. The second-order valence-electron chi connectivity index (χ2n) is 6.86. The van der Waals surface area contributed by atoms with E-state index in [4.69, 9.17) is 15.2 Å². The fourth-order valence-electron chi connectivity index (χ4n) is 3.09. The van der Waals surface area contributed by atoms with Gasteiger partial charge in [0.1, 0.15) is 0 Å². The maximum atomic E-state index is 6.10. The van der Waals surface area contributed by atoms with Crippen molar-refractivity contribution in [3.05, 3.63) is 0 Å². The predicted octanol–water partition coefficient (Wildman–Crippen LogP) is 1.47. The minimum absolute atomic E-state index is 0.161. The molecule has 0 aromatic rings. The Labute approximate surface area is 122 Å². The SMILES string of the molecule is CC(C)(C)[C@@H]1OCCC[C@H]1CN=C(N)N1CCOCC1. The van der Waals surface area contributed by atoms with Gasteiger partial charge in [0.15, 0.2) is 5.96 Å². The zero-order chi connectivity index (χ0) is 14.6. The number of hydrogen-bond donors (Lipinski definition) is 1. The number of hydrogen-bond acceptors (Lipinski definition) is 3. The molecule has 20 heavy (non-hydrogen) atoms. The van der Waals surface area contributed by atoms with Crippen LogP contribution in [0.1, 0.15) is 33.6 Å². The third kappa shape index (κ3) is 4.09. The number of guanidine groups is 1. The van der Waals surface area contributed by atoms with Gasteiger partial charge in [-0.3, -0.25) is 4.99 Å². The fraction of sp³-hybridized carbons (Fsp3) is 0.933. The van der Waals surface area contributed by atoms with E-state index < -0.39 is 0 Å². The Hall–Kier alpha value is -0.810. The summed E-state index contributed by atoms with van der Waals surface area (Å²) < 4.78 is 11.3. The highest BCUT2D eigenvalue weighted by molar-refractivity contribution is 5.78. The van der Waals surface area contributed by atoms with Gasteiger partial charge in [-0.25, -0.2) is 0 Å². The van der Waals surface area contributed by atoms with Crippen molar-refractivity contribution in [3.63, 3.8) is 0 Å². The summed E-state index contributed by atoms with van der Waals surface area (Å²) in [5.41, 5.74) is 6.26. The molecule has 2 aliphatic heterocycles. The molecule has 0 aromatic heterocycles. The van der Waals surface area contributed by atoms with Crippen LogP contribution in [0.3, 0.4) is 0 Å².